The quantitative estimate of drug-likeness (QED) is 0.578. The number of thiazole rings is 1. The van der Waals surface area contributed by atoms with Crippen LogP contribution in [0.5, 0.6) is 5.75 Å². The Balaban J connectivity index is 1.50. The monoisotopic (exact) mass is 392 g/mol. The second-order valence-corrected chi connectivity index (χ2v) is 8.06. The highest BCUT2D eigenvalue weighted by atomic mass is 32.1. The van der Waals surface area contributed by atoms with E-state index < -0.39 is 0 Å². The SMILES string of the molecule is COc1cccc([C@H]2C[C@H]2C(=O)N(CCc2ccccc2)c2nc(C)cs2)c1. The van der Waals surface area contributed by atoms with Gasteiger partial charge in [0.2, 0.25) is 5.91 Å². The van der Waals surface area contributed by atoms with Gasteiger partial charge in [-0.25, -0.2) is 4.98 Å². The Hall–Kier alpha value is -2.66. The van der Waals surface area contributed by atoms with Gasteiger partial charge in [0.1, 0.15) is 5.75 Å². The van der Waals surface area contributed by atoms with Crippen molar-refractivity contribution in [1.82, 2.24) is 4.98 Å². The van der Waals surface area contributed by atoms with E-state index in [-0.39, 0.29) is 17.7 Å². The number of benzene rings is 2. The van der Waals surface area contributed by atoms with E-state index in [2.05, 4.69) is 23.2 Å². The van der Waals surface area contributed by atoms with Crippen LogP contribution in [0.25, 0.3) is 0 Å². The van der Waals surface area contributed by atoms with Crippen molar-refractivity contribution in [3.8, 4) is 5.75 Å². The molecule has 0 spiro atoms. The van der Waals surface area contributed by atoms with E-state index in [0.717, 1.165) is 29.4 Å². The fourth-order valence-electron chi connectivity index (χ4n) is 3.56. The molecule has 2 atom stereocenters. The number of aryl methyl sites for hydroxylation is 1. The van der Waals surface area contributed by atoms with Crippen LogP contribution < -0.4 is 9.64 Å². The lowest BCUT2D eigenvalue weighted by molar-refractivity contribution is -0.119. The first-order valence-electron chi connectivity index (χ1n) is 9.57. The molecule has 0 saturated heterocycles. The maximum atomic E-state index is 13.3. The number of nitrogens with zero attached hydrogens (tertiary/aromatic N) is 2. The fourth-order valence-corrected chi connectivity index (χ4v) is 4.39. The minimum Gasteiger partial charge on any atom is -0.497 e. The number of rotatable bonds is 7. The minimum absolute atomic E-state index is 0.0204. The molecule has 0 radical (unpaired) electrons. The van der Waals surface area contributed by atoms with Crippen LogP contribution in [0.4, 0.5) is 5.13 Å². The molecule has 0 N–H and O–H groups in total. The number of amides is 1. The highest BCUT2D eigenvalue weighted by molar-refractivity contribution is 7.14. The van der Waals surface area contributed by atoms with Gasteiger partial charge < -0.3 is 4.74 Å². The number of carbonyl (C=O) groups is 1. The average molecular weight is 393 g/mol. The standard InChI is InChI=1S/C23H24N2O2S/c1-16-15-28-23(24-16)25(12-11-17-7-4-3-5-8-17)22(26)21-14-20(21)18-9-6-10-19(13-18)27-2/h3-10,13,15,20-21H,11-12,14H2,1-2H3/t20-,21-/m1/s1. The van der Waals surface area contributed by atoms with Crippen molar-refractivity contribution in [3.63, 3.8) is 0 Å². The van der Waals surface area contributed by atoms with E-state index in [1.807, 2.05) is 53.6 Å². The van der Waals surface area contributed by atoms with Gasteiger partial charge in [0.05, 0.1) is 12.8 Å². The summed E-state index contributed by atoms with van der Waals surface area (Å²) in [7, 11) is 1.67. The molecule has 5 heteroatoms. The van der Waals surface area contributed by atoms with Crippen LogP contribution >= 0.6 is 11.3 Å². The Morgan fingerprint density at radius 2 is 2.04 bits per heavy atom. The molecule has 1 amide bonds. The first-order valence-corrected chi connectivity index (χ1v) is 10.4. The van der Waals surface area contributed by atoms with Crippen LogP contribution in [0.1, 0.15) is 29.2 Å². The summed E-state index contributed by atoms with van der Waals surface area (Å²) in [6.45, 7) is 2.62. The molecule has 4 rings (SSSR count). The third-order valence-electron chi connectivity index (χ3n) is 5.20. The third kappa shape index (κ3) is 4.09. The van der Waals surface area contributed by atoms with E-state index in [9.17, 15) is 4.79 Å². The van der Waals surface area contributed by atoms with Gasteiger partial charge in [-0.05, 0) is 48.9 Å². The number of ether oxygens (including phenoxy) is 1. The molecule has 4 nitrogen and oxygen atoms in total. The normalized spacial score (nSPS) is 17.9. The molecule has 0 bridgehead atoms. The number of methoxy groups -OCH3 is 1. The van der Waals surface area contributed by atoms with Gasteiger partial charge in [0.25, 0.3) is 0 Å². The van der Waals surface area contributed by atoms with Gasteiger partial charge in [-0.3, -0.25) is 9.69 Å². The highest BCUT2D eigenvalue weighted by Gasteiger charge is 2.46. The Morgan fingerprint density at radius 3 is 2.75 bits per heavy atom. The molecule has 1 aliphatic rings. The Morgan fingerprint density at radius 1 is 1.21 bits per heavy atom. The third-order valence-corrected chi connectivity index (χ3v) is 6.18. The molecule has 3 aromatic rings. The van der Waals surface area contributed by atoms with Crippen molar-refractivity contribution < 1.29 is 9.53 Å². The van der Waals surface area contributed by atoms with E-state index in [1.54, 1.807) is 18.4 Å². The van der Waals surface area contributed by atoms with Crippen LogP contribution in [-0.2, 0) is 11.2 Å². The zero-order valence-corrected chi connectivity index (χ0v) is 17.0. The van der Waals surface area contributed by atoms with E-state index in [0.29, 0.717) is 6.54 Å². The highest BCUT2D eigenvalue weighted by Crippen LogP contribution is 2.49. The number of aromatic nitrogens is 1. The molecule has 1 aliphatic carbocycles. The van der Waals surface area contributed by atoms with Crippen molar-refractivity contribution in [2.24, 2.45) is 5.92 Å². The number of carbonyl (C=O) groups excluding carboxylic acids is 1. The topological polar surface area (TPSA) is 42.4 Å². The predicted octanol–water partition coefficient (Wildman–Crippen LogP) is 4.84. The van der Waals surface area contributed by atoms with Gasteiger partial charge >= 0.3 is 0 Å². The van der Waals surface area contributed by atoms with Gasteiger partial charge in [-0.1, -0.05) is 42.5 Å². The number of anilines is 1. The summed E-state index contributed by atoms with van der Waals surface area (Å²) in [5.41, 5.74) is 3.36. The van der Waals surface area contributed by atoms with Gasteiger partial charge in [-0.2, -0.15) is 0 Å². The maximum absolute atomic E-state index is 13.3. The van der Waals surface area contributed by atoms with Crippen LogP contribution in [-0.4, -0.2) is 24.5 Å². The molecular formula is C23H24N2O2S. The summed E-state index contributed by atoms with van der Waals surface area (Å²) in [6, 6.07) is 18.3. The minimum atomic E-state index is 0.0204. The molecular weight excluding hydrogens is 368 g/mol. The zero-order valence-electron chi connectivity index (χ0n) is 16.2. The van der Waals surface area contributed by atoms with E-state index >= 15 is 0 Å². The summed E-state index contributed by atoms with van der Waals surface area (Å²) < 4.78 is 5.33. The second kappa shape index (κ2) is 8.15. The molecule has 2 aromatic carbocycles. The number of hydrogen-bond donors (Lipinski definition) is 0. The summed E-state index contributed by atoms with van der Waals surface area (Å²) in [4.78, 5) is 19.8. The summed E-state index contributed by atoms with van der Waals surface area (Å²) in [5.74, 6) is 1.31. The number of hydrogen-bond acceptors (Lipinski definition) is 4. The van der Waals surface area contributed by atoms with Crippen LogP contribution in [0.2, 0.25) is 0 Å². The molecule has 1 saturated carbocycles. The van der Waals surface area contributed by atoms with Crippen LogP contribution in [0.15, 0.2) is 60.0 Å². The fraction of sp³-hybridized carbons (Fsp3) is 0.304. The van der Waals surface area contributed by atoms with Crippen molar-refractivity contribution >= 4 is 22.4 Å². The molecule has 0 aliphatic heterocycles. The predicted molar refractivity (Wildman–Crippen MR) is 113 cm³/mol. The van der Waals surface area contributed by atoms with Crippen molar-refractivity contribution in [2.45, 2.75) is 25.7 Å². The van der Waals surface area contributed by atoms with Gasteiger partial charge in [-0.15, -0.1) is 11.3 Å². The van der Waals surface area contributed by atoms with E-state index in [4.69, 9.17) is 4.74 Å². The first-order chi connectivity index (χ1) is 13.7. The Labute approximate surface area is 169 Å². The average Bonchev–Trinajstić information content (AvgIpc) is 3.43. The lowest BCUT2D eigenvalue weighted by atomic mass is 10.1. The van der Waals surface area contributed by atoms with Crippen molar-refractivity contribution in [3.05, 3.63) is 76.8 Å². The van der Waals surface area contributed by atoms with Crippen molar-refractivity contribution in [1.29, 1.82) is 0 Å². The molecule has 0 unspecified atom stereocenters. The van der Waals surface area contributed by atoms with Gasteiger partial charge in [0, 0.05) is 17.8 Å². The maximum Gasteiger partial charge on any atom is 0.232 e. The summed E-state index contributed by atoms with van der Waals surface area (Å²) in [6.07, 6.45) is 1.71. The lowest BCUT2D eigenvalue weighted by Crippen LogP contribution is -2.34. The molecule has 144 valence electrons. The Bertz CT molecular complexity index is 954. The smallest absolute Gasteiger partial charge is 0.232 e. The Kier molecular flexibility index (Phi) is 5.44. The molecule has 1 aromatic heterocycles. The van der Waals surface area contributed by atoms with E-state index in [1.165, 1.54) is 11.1 Å². The van der Waals surface area contributed by atoms with Crippen LogP contribution in [0.3, 0.4) is 0 Å². The van der Waals surface area contributed by atoms with Gasteiger partial charge in [0.15, 0.2) is 5.13 Å². The summed E-state index contributed by atoms with van der Waals surface area (Å²) >= 11 is 1.54. The summed E-state index contributed by atoms with van der Waals surface area (Å²) in [5, 5.41) is 2.81. The molecule has 1 fully saturated rings. The second-order valence-electron chi connectivity index (χ2n) is 7.22. The molecule has 1 heterocycles. The van der Waals surface area contributed by atoms with Crippen LogP contribution in [0, 0.1) is 12.8 Å². The molecule has 28 heavy (non-hydrogen) atoms. The zero-order chi connectivity index (χ0) is 19.5. The largest absolute Gasteiger partial charge is 0.497 e. The first kappa shape index (κ1) is 18.7. The van der Waals surface area contributed by atoms with Crippen molar-refractivity contribution in [2.75, 3.05) is 18.6 Å². The lowest BCUT2D eigenvalue weighted by Gasteiger charge is -2.20.